The lowest BCUT2D eigenvalue weighted by molar-refractivity contribution is -0.155. The Labute approximate surface area is 167 Å². The first-order chi connectivity index (χ1) is 13.3. The highest BCUT2D eigenvalue weighted by molar-refractivity contribution is 6.02. The van der Waals surface area contributed by atoms with E-state index >= 15 is 0 Å². The molecular weight excluding hydrogens is 354 g/mol. The summed E-state index contributed by atoms with van der Waals surface area (Å²) < 4.78 is 5.06. The fraction of sp³-hybridized carbons (Fsp3) is 0.609. The lowest BCUT2D eigenvalue weighted by Crippen LogP contribution is -2.47. The minimum absolute atomic E-state index is 0.0751. The van der Waals surface area contributed by atoms with Gasteiger partial charge in [0.2, 0.25) is 5.91 Å². The molecule has 5 heteroatoms. The van der Waals surface area contributed by atoms with E-state index < -0.39 is 29.4 Å². The Kier molecular flexibility index (Phi) is 5.92. The summed E-state index contributed by atoms with van der Waals surface area (Å²) >= 11 is 0. The molecular formula is C23H31NO4. The molecule has 0 aromatic heterocycles. The van der Waals surface area contributed by atoms with Gasteiger partial charge in [-0.15, -0.1) is 0 Å². The molecule has 3 atom stereocenters. The van der Waals surface area contributed by atoms with Gasteiger partial charge in [-0.3, -0.25) is 9.59 Å². The molecule has 28 heavy (non-hydrogen) atoms. The van der Waals surface area contributed by atoms with Crippen LogP contribution in [0.5, 0.6) is 0 Å². The van der Waals surface area contributed by atoms with Crippen molar-refractivity contribution in [1.82, 2.24) is 4.90 Å². The summed E-state index contributed by atoms with van der Waals surface area (Å²) in [5.74, 6) is -0.958. The second kappa shape index (κ2) is 8.06. The van der Waals surface area contributed by atoms with Crippen LogP contribution in [0.25, 0.3) is 0 Å². The van der Waals surface area contributed by atoms with E-state index in [0.29, 0.717) is 12.3 Å². The van der Waals surface area contributed by atoms with Gasteiger partial charge in [0.15, 0.2) is 5.78 Å². The molecule has 3 rings (SSSR count). The number of nitrogens with zero attached hydrogens (tertiary/aromatic N) is 1. The van der Waals surface area contributed by atoms with E-state index in [4.69, 9.17) is 4.74 Å². The third-order valence-electron chi connectivity index (χ3n) is 6.19. The van der Waals surface area contributed by atoms with Crippen molar-refractivity contribution in [3.8, 4) is 0 Å². The summed E-state index contributed by atoms with van der Waals surface area (Å²) in [4.78, 5) is 41.3. The average molecular weight is 386 g/mol. The Morgan fingerprint density at radius 2 is 1.71 bits per heavy atom. The van der Waals surface area contributed by atoms with Crippen molar-refractivity contribution in [2.75, 3.05) is 7.11 Å². The number of ether oxygens (including phenoxy) is 1. The molecule has 0 radical (unpaired) electrons. The Bertz CT molecular complexity index is 731. The summed E-state index contributed by atoms with van der Waals surface area (Å²) in [5, 5.41) is 0. The molecule has 1 aromatic rings. The van der Waals surface area contributed by atoms with E-state index in [1.807, 2.05) is 51.1 Å². The molecule has 1 heterocycles. The Morgan fingerprint density at radius 3 is 2.25 bits per heavy atom. The average Bonchev–Trinajstić information content (AvgIpc) is 3.26. The number of Topliss-reactive ketones (excluding diaryl/α,β-unsaturated/α-hetero) is 1. The molecule has 1 saturated carbocycles. The molecule has 5 nitrogen and oxygen atoms in total. The van der Waals surface area contributed by atoms with Crippen molar-refractivity contribution in [3.63, 3.8) is 0 Å². The maximum atomic E-state index is 13.5. The second-order valence-electron chi connectivity index (χ2n) is 9.18. The van der Waals surface area contributed by atoms with Gasteiger partial charge in [0.1, 0.15) is 12.1 Å². The van der Waals surface area contributed by atoms with Gasteiger partial charge in [-0.05, 0) is 29.7 Å². The minimum atomic E-state index is -0.878. The Morgan fingerprint density at radius 1 is 1.11 bits per heavy atom. The first kappa shape index (κ1) is 20.6. The third kappa shape index (κ3) is 3.85. The number of carbonyl (C=O) groups is 3. The van der Waals surface area contributed by atoms with Crippen molar-refractivity contribution < 1.29 is 19.1 Å². The molecule has 1 amide bonds. The summed E-state index contributed by atoms with van der Waals surface area (Å²) in [6, 6.07) is 7.71. The fourth-order valence-corrected chi connectivity index (χ4v) is 4.88. The quantitative estimate of drug-likeness (QED) is 0.737. The van der Waals surface area contributed by atoms with Crippen molar-refractivity contribution >= 4 is 17.7 Å². The van der Waals surface area contributed by atoms with Gasteiger partial charge in [-0.1, -0.05) is 63.9 Å². The predicted molar refractivity (Wildman–Crippen MR) is 106 cm³/mol. The van der Waals surface area contributed by atoms with Gasteiger partial charge in [0, 0.05) is 6.42 Å². The smallest absolute Gasteiger partial charge is 0.329 e. The summed E-state index contributed by atoms with van der Waals surface area (Å²) in [6.45, 7) is 5.83. The Hall–Kier alpha value is -2.17. The number of hydrogen-bond acceptors (Lipinski definition) is 4. The number of likely N-dealkylation sites (tertiary alicyclic amines) is 1. The molecule has 1 aliphatic carbocycles. The van der Waals surface area contributed by atoms with Gasteiger partial charge in [-0.2, -0.15) is 0 Å². The minimum Gasteiger partial charge on any atom is -0.467 e. The highest BCUT2D eigenvalue weighted by Crippen LogP contribution is 2.46. The SMILES string of the molecule is COC(=O)C1C(C(C)(C)C)C(=O)C(c2ccccc2)N1C(=O)CC1CCCC1. The summed E-state index contributed by atoms with van der Waals surface area (Å²) in [5.41, 5.74) is 0.290. The summed E-state index contributed by atoms with van der Waals surface area (Å²) in [7, 11) is 1.32. The molecule has 0 N–H and O–H groups in total. The van der Waals surface area contributed by atoms with Crippen LogP contribution in [0.1, 0.15) is 64.5 Å². The zero-order chi connectivity index (χ0) is 20.5. The van der Waals surface area contributed by atoms with Crippen LogP contribution in [0.4, 0.5) is 0 Å². The number of ketones is 1. The first-order valence-corrected chi connectivity index (χ1v) is 10.2. The monoisotopic (exact) mass is 385 g/mol. The van der Waals surface area contributed by atoms with Crippen molar-refractivity contribution in [2.45, 2.75) is 65.0 Å². The van der Waals surface area contributed by atoms with E-state index in [1.165, 1.54) is 12.0 Å². The van der Waals surface area contributed by atoms with Gasteiger partial charge < -0.3 is 9.64 Å². The lowest BCUT2D eigenvalue weighted by atomic mass is 9.74. The maximum absolute atomic E-state index is 13.5. The fourth-order valence-electron chi connectivity index (χ4n) is 4.88. The predicted octanol–water partition coefficient (Wildman–Crippen LogP) is 3.92. The van der Waals surface area contributed by atoms with Crippen LogP contribution in [-0.2, 0) is 19.1 Å². The molecule has 0 bridgehead atoms. The van der Waals surface area contributed by atoms with Crippen LogP contribution in [-0.4, -0.2) is 35.7 Å². The van der Waals surface area contributed by atoms with E-state index in [2.05, 4.69) is 0 Å². The van der Waals surface area contributed by atoms with Gasteiger partial charge >= 0.3 is 5.97 Å². The van der Waals surface area contributed by atoms with Crippen LogP contribution < -0.4 is 0 Å². The number of carbonyl (C=O) groups excluding carboxylic acids is 3. The highest BCUT2D eigenvalue weighted by Gasteiger charge is 2.58. The van der Waals surface area contributed by atoms with Gasteiger partial charge in [0.25, 0.3) is 0 Å². The van der Waals surface area contributed by atoms with Crippen molar-refractivity contribution in [1.29, 1.82) is 0 Å². The van der Waals surface area contributed by atoms with E-state index in [1.54, 1.807) is 0 Å². The molecule has 3 unspecified atom stereocenters. The van der Waals surface area contributed by atoms with Crippen LogP contribution >= 0.6 is 0 Å². The van der Waals surface area contributed by atoms with Crippen LogP contribution in [0.3, 0.4) is 0 Å². The normalized spacial score (nSPS) is 25.9. The van der Waals surface area contributed by atoms with Gasteiger partial charge in [-0.25, -0.2) is 4.79 Å². The van der Waals surface area contributed by atoms with Crippen molar-refractivity contribution in [3.05, 3.63) is 35.9 Å². The topological polar surface area (TPSA) is 63.7 Å². The first-order valence-electron chi connectivity index (χ1n) is 10.2. The molecule has 0 spiro atoms. The van der Waals surface area contributed by atoms with E-state index in [-0.39, 0.29) is 11.7 Å². The number of methoxy groups -OCH3 is 1. The Balaban J connectivity index is 2.05. The standard InChI is InChI=1S/C23H31NO4/c1-23(2,3)18-20(22(27)28-4)24(17(25)14-15-10-8-9-11-15)19(21(18)26)16-12-6-5-7-13-16/h5-7,12-13,15,18-20H,8-11,14H2,1-4H3. The van der Waals surface area contributed by atoms with Crippen molar-refractivity contribution in [2.24, 2.45) is 17.3 Å². The molecule has 152 valence electrons. The molecule has 2 aliphatic rings. The number of benzene rings is 1. The molecule has 1 aromatic carbocycles. The number of esters is 1. The molecule has 2 fully saturated rings. The summed E-state index contributed by atoms with van der Waals surface area (Å²) in [6.07, 6.45) is 4.75. The highest BCUT2D eigenvalue weighted by atomic mass is 16.5. The van der Waals surface area contributed by atoms with Crippen LogP contribution in [0, 0.1) is 17.3 Å². The number of amides is 1. The maximum Gasteiger partial charge on any atom is 0.329 e. The lowest BCUT2D eigenvalue weighted by Gasteiger charge is -2.33. The zero-order valence-corrected chi connectivity index (χ0v) is 17.3. The van der Waals surface area contributed by atoms with E-state index in [9.17, 15) is 14.4 Å². The molecule has 1 aliphatic heterocycles. The largest absolute Gasteiger partial charge is 0.467 e. The second-order valence-corrected chi connectivity index (χ2v) is 9.18. The molecule has 1 saturated heterocycles. The number of rotatable bonds is 4. The van der Waals surface area contributed by atoms with Gasteiger partial charge in [0.05, 0.1) is 13.0 Å². The van der Waals surface area contributed by atoms with E-state index in [0.717, 1.165) is 31.2 Å². The zero-order valence-electron chi connectivity index (χ0n) is 17.3. The van der Waals surface area contributed by atoms with Crippen LogP contribution in [0.2, 0.25) is 0 Å². The number of hydrogen-bond donors (Lipinski definition) is 0. The third-order valence-corrected chi connectivity index (χ3v) is 6.19. The van der Waals surface area contributed by atoms with Crippen LogP contribution in [0.15, 0.2) is 30.3 Å².